The normalized spacial score (nSPS) is 11.1. The molecule has 164 valence electrons. The number of H-pyrrole nitrogens is 1. The van der Waals surface area contributed by atoms with Crippen LogP contribution >= 0.6 is 0 Å². The average Bonchev–Trinajstić information content (AvgIpc) is 3.24. The summed E-state index contributed by atoms with van der Waals surface area (Å²) in [6.07, 6.45) is 1.66. The van der Waals surface area contributed by atoms with Crippen LogP contribution in [0.25, 0.3) is 22.7 Å². The van der Waals surface area contributed by atoms with Crippen LogP contribution in [0.1, 0.15) is 17.0 Å². The van der Waals surface area contributed by atoms with Crippen molar-refractivity contribution in [3.8, 4) is 17.6 Å². The van der Waals surface area contributed by atoms with Crippen molar-refractivity contribution in [2.24, 2.45) is 0 Å². The molecule has 0 aliphatic rings. The molecule has 4 rings (SSSR count). The van der Waals surface area contributed by atoms with Gasteiger partial charge in [-0.1, -0.05) is 36.4 Å². The molecule has 0 fully saturated rings. The Balaban J connectivity index is 1.62. The molecule has 0 unspecified atom stereocenters. The Morgan fingerprint density at radius 3 is 2.73 bits per heavy atom. The number of nitriles is 1. The predicted octanol–water partition coefficient (Wildman–Crippen LogP) is 4.96. The van der Waals surface area contributed by atoms with Crippen LogP contribution in [0.4, 0.5) is 5.69 Å². The zero-order valence-corrected chi connectivity index (χ0v) is 18.3. The van der Waals surface area contributed by atoms with Gasteiger partial charge in [0.2, 0.25) is 0 Å². The highest BCUT2D eigenvalue weighted by atomic mass is 16.5. The summed E-state index contributed by atoms with van der Waals surface area (Å²) in [7, 11) is 1.52. The topological polar surface area (TPSA) is 100 Å². The maximum atomic E-state index is 12.4. The Bertz CT molecular complexity index is 1370. The number of nitrogens with zero attached hydrogens (tertiary/aromatic N) is 2. The molecule has 0 radical (unpaired) electrons. The number of ether oxygens (including phenoxy) is 2. The Labute approximate surface area is 191 Å². The molecule has 0 aliphatic heterocycles. The van der Waals surface area contributed by atoms with Crippen LogP contribution in [-0.2, 0) is 4.79 Å². The first-order valence-corrected chi connectivity index (χ1v) is 10.3. The third kappa shape index (κ3) is 5.02. The van der Waals surface area contributed by atoms with Gasteiger partial charge in [0.25, 0.3) is 5.91 Å². The summed E-state index contributed by atoms with van der Waals surface area (Å²) in [5, 5.41) is 12.6. The molecule has 0 aliphatic carbocycles. The SMILES string of the molecule is COc1cccc(/C=C(/C#N)c2nc3ccc(C)cc3[nH]2)c1OCC(=O)Nc1ccccc1. The van der Waals surface area contributed by atoms with Gasteiger partial charge in [-0.2, -0.15) is 5.26 Å². The summed E-state index contributed by atoms with van der Waals surface area (Å²) in [4.78, 5) is 20.1. The maximum absolute atomic E-state index is 12.4. The molecule has 3 aromatic carbocycles. The fourth-order valence-corrected chi connectivity index (χ4v) is 3.38. The Kier molecular flexibility index (Phi) is 6.37. The standard InChI is InChI=1S/C26H22N4O3/c1-17-11-12-21-22(13-17)30-26(29-21)19(15-27)14-18-7-6-10-23(32-2)25(18)33-16-24(31)28-20-8-4-3-5-9-20/h3-14H,16H2,1-2H3,(H,28,31)(H,29,30)/b19-14-. The van der Waals surface area contributed by atoms with Crippen molar-refractivity contribution in [1.29, 1.82) is 5.26 Å². The van der Waals surface area contributed by atoms with Crippen molar-refractivity contribution < 1.29 is 14.3 Å². The monoisotopic (exact) mass is 438 g/mol. The second kappa shape index (κ2) is 9.71. The molecule has 1 amide bonds. The minimum absolute atomic E-state index is 0.220. The molecule has 0 saturated carbocycles. The molecule has 2 N–H and O–H groups in total. The number of aromatic nitrogens is 2. The van der Waals surface area contributed by atoms with Gasteiger partial charge < -0.3 is 19.8 Å². The zero-order valence-electron chi connectivity index (χ0n) is 18.3. The van der Waals surface area contributed by atoms with Gasteiger partial charge in [0.05, 0.1) is 23.7 Å². The number of anilines is 1. The van der Waals surface area contributed by atoms with Crippen molar-refractivity contribution in [2.75, 3.05) is 19.0 Å². The maximum Gasteiger partial charge on any atom is 0.262 e. The van der Waals surface area contributed by atoms with Gasteiger partial charge in [-0.15, -0.1) is 0 Å². The van der Waals surface area contributed by atoms with E-state index in [9.17, 15) is 10.1 Å². The number of amides is 1. The smallest absolute Gasteiger partial charge is 0.262 e. The van der Waals surface area contributed by atoms with E-state index < -0.39 is 0 Å². The fraction of sp³-hybridized carbons (Fsp3) is 0.115. The quantitative estimate of drug-likeness (QED) is 0.397. The van der Waals surface area contributed by atoms with Gasteiger partial charge in [0.15, 0.2) is 18.1 Å². The molecule has 0 bridgehead atoms. The number of hydrogen-bond donors (Lipinski definition) is 2. The zero-order chi connectivity index (χ0) is 23.2. The number of aryl methyl sites for hydroxylation is 1. The summed E-state index contributed by atoms with van der Waals surface area (Å²) in [6.45, 7) is 1.77. The molecule has 7 heteroatoms. The number of methoxy groups -OCH3 is 1. The Hall–Kier alpha value is -4.57. The highest BCUT2D eigenvalue weighted by Crippen LogP contribution is 2.33. The number of benzene rings is 3. The average molecular weight is 438 g/mol. The number of carbonyl (C=O) groups is 1. The largest absolute Gasteiger partial charge is 0.493 e. The van der Waals surface area contributed by atoms with Gasteiger partial charge in [0.1, 0.15) is 11.9 Å². The van der Waals surface area contributed by atoms with E-state index in [2.05, 4.69) is 21.4 Å². The van der Waals surface area contributed by atoms with Gasteiger partial charge in [0, 0.05) is 11.3 Å². The van der Waals surface area contributed by atoms with E-state index in [1.54, 1.807) is 36.4 Å². The lowest BCUT2D eigenvalue weighted by atomic mass is 10.1. The number of nitrogens with one attached hydrogen (secondary N) is 2. The van der Waals surface area contributed by atoms with Crippen molar-refractivity contribution >= 4 is 34.3 Å². The molecule has 0 atom stereocenters. The van der Waals surface area contributed by atoms with E-state index in [0.29, 0.717) is 34.1 Å². The second-order valence-electron chi connectivity index (χ2n) is 7.36. The third-order valence-corrected chi connectivity index (χ3v) is 4.95. The predicted molar refractivity (Wildman–Crippen MR) is 128 cm³/mol. The van der Waals surface area contributed by atoms with Crippen LogP contribution < -0.4 is 14.8 Å². The Morgan fingerprint density at radius 2 is 1.97 bits per heavy atom. The lowest BCUT2D eigenvalue weighted by Crippen LogP contribution is -2.20. The first-order chi connectivity index (χ1) is 16.1. The minimum atomic E-state index is -0.310. The van der Waals surface area contributed by atoms with Gasteiger partial charge in [-0.3, -0.25) is 4.79 Å². The molecular formula is C26H22N4O3. The van der Waals surface area contributed by atoms with Crippen LogP contribution in [0, 0.1) is 18.3 Å². The molecule has 7 nitrogen and oxygen atoms in total. The first kappa shape index (κ1) is 21.7. The molecule has 0 saturated heterocycles. The summed E-state index contributed by atoms with van der Waals surface area (Å²) in [5.74, 6) is 0.959. The fourth-order valence-electron chi connectivity index (χ4n) is 3.38. The Morgan fingerprint density at radius 1 is 1.15 bits per heavy atom. The van der Waals surface area contributed by atoms with Crippen LogP contribution in [0.3, 0.4) is 0 Å². The van der Waals surface area contributed by atoms with Crippen LogP contribution in [0.15, 0.2) is 66.7 Å². The van der Waals surface area contributed by atoms with Crippen molar-refractivity contribution in [2.45, 2.75) is 6.92 Å². The van der Waals surface area contributed by atoms with Crippen LogP contribution in [-0.4, -0.2) is 29.6 Å². The third-order valence-electron chi connectivity index (χ3n) is 4.95. The van der Waals surface area contributed by atoms with Crippen LogP contribution in [0.2, 0.25) is 0 Å². The van der Waals surface area contributed by atoms with Gasteiger partial charge >= 0.3 is 0 Å². The van der Waals surface area contributed by atoms with E-state index in [0.717, 1.165) is 16.6 Å². The van der Waals surface area contributed by atoms with E-state index in [1.807, 2.05) is 43.3 Å². The molecule has 0 spiro atoms. The highest BCUT2D eigenvalue weighted by Gasteiger charge is 2.15. The number of fused-ring (bicyclic) bond motifs is 1. The molecule has 1 aromatic heterocycles. The number of allylic oxidation sites excluding steroid dienone is 1. The summed E-state index contributed by atoms with van der Waals surface area (Å²) in [5.41, 5.74) is 4.32. The number of hydrogen-bond acceptors (Lipinski definition) is 5. The summed E-state index contributed by atoms with van der Waals surface area (Å²) in [6, 6.07) is 22.5. The molecular weight excluding hydrogens is 416 g/mol. The van der Waals surface area contributed by atoms with E-state index in [-0.39, 0.29) is 12.5 Å². The van der Waals surface area contributed by atoms with Crippen LogP contribution in [0.5, 0.6) is 11.5 Å². The van der Waals surface area contributed by atoms with Crippen molar-refractivity contribution in [3.05, 3.63) is 83.7 Å². The molecule has 33 heavy (non-hydrogen) atoms. The molecule has 1 heterocycles. The lowest BCUT2D eigenvalue weighted by Gasteiger charge is -2.13. The number of imidazole rings is 1. The number of para-hydroxylation sites is 2. The van der Waals surface area contributed by atoms with E-state index >= 15 is 0 Å². The second-order valence-corrected chi connectivity index (χ2v) is 7.36. The first-order valence-electron chi connectivity index (χ1n) is 10.3. The molecule has 4 aromatic rings. The number of carbonyl (C=O) groups excluding carboxylic acids is 1. The van der Waals surface area contributed by atoms with E-state index in [1.165, 1.54) is 7.11 Å². The van der Waals surface area contributed by atoms with Crippen molar-refractivity contribution in [1.82, 2.24) is 9.97 Å². The van der Waals surface area contributed by atoms with Crippen molar-refractivity contribution in [3.63, 3.8) is 0 Å². The summed E-state index contributed by atoms with van der Waals surface area (Å²) >= 11 is 0. The van der Waals surface area contributed by atoms with E-state index in [4.69, 9.17) is 9.47 Å². The number of rotatable bonds is 7. The highest BCUT2D eigenvalue weighted by molar-refractivity contribution is 5.93. The van der Waals surface area contributed by atoms with Gasteiger partial charge in [-0.25, -0.2) is 4.98 Å². The lowest BCUT2D eigenvalue weighted by molar-refractivity contribution is -0.118. The number of aromatic amines is 1. The minimum Gasteiger partial charge on any atom is -0.493 e. The summed E-state index contributed by atoms with van der Waals surface area (Å²) < 4.78 is 11.3. The van der Waals surface area contributed by atoms with Gasteiger partial charge in [-0.05, 0) is 48.9 Å².